The highest BCUT2D eigenvalue weighted by atomic mass is 16.5. The number of rotatable bonds is 6. The number of benzene rings is 1. The quantitative estimate of drug-likeness (QED) is 0.807. The number of nitrogen functional groups attached to an aromatic ring is 1. The molecule has 0 unspecified atom stereocenters. The summed E-state index contributed by atoms with van der Waals surface area (Å²) < 4.78 is 11.7. The molecule has 0 radical (unpaired) electrons. The Labute approximate surface area is 160 Å². The van der Waals surface area contributed by atoms with Gasteiger partial charge in [-0.2, -0.15) is 4.98 Å². The maximum atomic E-state index is 6.17. The van der Waals surface area contributed by atoms with Crippen LogP contribution in [0.15, 0.2) is 18.2 Å². The number of piperidine rings is 1. The Morgan fingerprint density at radius 2 is 1.96 bits per heavy atom. The van der Waals surface area contributed by atoms with Gasteiger partial charge in [0.15, 0.2) is 11.5 Å². The summed E-state index contributed by atoms with van der Waals surface area (Å²) in [6.45, 7) is 4.87. The van der Waals surface area contributed by atoms with Gasteiger partial charge in [-0.05, 0) is 63.5 Å². The first-order valence-electron chi connectivity index (χ1n) is 9.33. The molecule has 0 bridgehead atoms. The van der Waals surface area contributed by atoms with Crippen LogP contribution in [0.4, 0.5) is 11.8 Å². The monoisotopic (exact) mass is 371 g/mol. The second-order valence-electron chi connectivity index (χ2n) is 7.06. The summed E-state index contributed by atoms with van der Waals surface area (Å²) in [5.41, 5.74) is 8.49. The average molecular weight is 371 g/mol. The standard InChI is InChI=1S/C20H29N5O2/c1-13-18(19(22-2)24-20(21)23-13)15-5-6-16(26-4)17(11-15)27-12-14-7-9-25(3)10-8-14/h5-6,11,14H,7-10,12H2,1-4H3,(H3,21,22,23,24). The first kappa shape index (κ1) is 19.2. The predicted molar refractivity (Wildman–Crippen MR) is 108 cm³/mol. The third kappa shape index (κ3) is 4.42. The van der Waals surface area contributed by atoms with Crippen molar-refractivity contribution in [2.45, 2.75) is 19.8 Å². The van der Waals surface area contributed by atoms with E-state index < -0.39 is 0 Å². The maximum Gasteiger partial charge on any atom is 0.222 e. The van der Waals surface area contributed by atoms with Crippen LogP contribution in [0.5, 0.6) is 11.5 Å². The summed E-state index contributed by atoms with van der Waals surface area (Å²) in [4.78, 5) is 11.0. The Morgan fingerprint density at radius 3 is 2.63 bits per heavy atom. The Kier molecular flexibility index (Phi) is 6.01. The molecular weight excluding hydrogens is 342 g/mol. The molecule has 1 aliphatic heterocycles. The molecule has 7 nitrogen and oxygen atoms in total. The topological polar surface area (TPSA) is 85.5 Å². The SMILES string of the molecule is CNc1nc(N)nc(C)c1-c1ccc(OC)c(OCC2CCN(C)CC2)c1. The van der Waals surface area contributed by atoms with E-state index in [2.05, 4.69) is 27.2 Å². The Hall–Kier alpha value is -2.54. The molecule has 3 rings (SSSR count). The van der Waals surface area contributed by atoms with Gasteiger partial charge in [0.05, 0.1) is 19.4 Å². The lowest BCUT2D eigenvalue weighted by Crippen LogP contribution is -2.32. The summed E-state index contributed by atoms with van der Waals surface area (Å²) in [6.07, 6.45) is 2.32. The van der Waals surface area contributed by atoms with Crippen LogP contribution in [0.3, 0.4) is 0 Å². The number of nitrogens with one attached hydrogen (secondary N) is 1. The first-order chi connectivity index (χ1) is 13.0. The lowest BCUT2D eigenvalue weighted by atomic mass is 9.98. The van der Waals surface area contributed by atoms with E-state index in [0.717, 1.165) is 54.3 Å². The number of methoxy groups -OCH3 is 1. The molecular formula is C20H29N5O2. The molecule has 0 spiro atoms. The maximum absolute atomic E-state index is 6.17. The number of anilines is 2. The Balaban J connectivity index is 1.86. The van der Waals surface area contributed by atoms with Crippen molar-refractivity contribution in [2.24, 2.45) is 5.92 Å². The van der Waals surface area contributed by atoms with E-state index in [4.69, 9.17) is 15.2 Å². The van der Waals surface area contributed by atoms with Crippen LogP contribution in [-0.2, 0) is 0 Å². The van der Waals surface area contributed by atoms with E-state index in [-0.39, 0.29) is 5.95 Å². The summed E-state index contributed by atoms with van der Waals surface area (Å²) in [5.74, 6) is 3.00. The largest absolute Gasteiger partial charge is 0.493 e. The molecule has 2 aromatic rings. The van der Waals surface area contributed by atoms with E-state index in [9.17, 15) is 0 Å². The molecule has 146 valence electrons. The fraction of sp³-hybridized carbons (Fsp3) is 0.500. The van der Waals surface area contributed by atoms with Crippen molar-refractivity contribution in [3.63, 3.8) is 0 Å². The minimum absolute atomic E-state index is 0.257. The van der Waals surface area contributed by atoms with Gasteiger partial charge in [0, 0.05) is 12.6 Å². The number of aromatic nitrogens is 2. The van der Waals surface area contributed by atoms with E-state index in [1.807, 2.05) is 32.2 Å². The van der Waals surface area contributed by atoms with E-state index in [1.54, 1.807) is 7.11 Å². The third-order valence-electron chi connectivity index (χ3n) is 5.11. The van der Waals surface area contributed by atoms with Crippen LogP contribution < -0.4 is 20.5 Å². The number of nitrogens with zero attached hydrogens (tertiary/aromatic N) is 3. The normalized spacial score (nSPS) is 15.6. The second kappa shape index (κ2) is 8.43. The van der Waals surface area contributed by atoms with Crippen LogP contribution in [0.25, 0.3) is 11.1 Å². The highest BCUT2D eigenvalue weighted by Gasteiger charge is 2.19. The molecule has 7 heteroatoms. The van der Waals surface area contributed by atoms with E-state index in [1.165, 1.54) is 0 Å². The van der Waals surface area contributed by atoms with Crippen LogP contribution in [0.2, 0.25) is 0 Å². The highest BCUT2D eigenvalue weighted by molar-refractivity contribution is 5.79. The summed E-state index contributed by atoms with van der Waals surface area (Å²) in [6, 6.07) is 5.91. The predicted octanol–water partition coefficient (Wildman–Crippen LogP) is 2.81. The molecule has 3 N–H and O–H groups in total. The van der Waals surface area contributed by atoms with Crippen molar-refractivity contribution in [3.8, 4) is 22.6 Å². The molecule has 1 aromatic carbocycles. The number of aryl methyl sites for hydroxylation is 1. The van der Waals surface area contributed by atoms with Crippen molar-refractivity contribution < 1.29 is 9.47 Å². The number of ether oxygens (including phenoxy) is 2. The third-order valence-corrected chi connectivity index (χ3v) is 5.11. The van der Waals surface area contributed by atoms with Gasteiger partial charge in [-0.1, -0.05) is 6.07 Å². The van der Waals surface area contributed by atoms with E-state index in [0.29, 0.717) is 18.3 Å². The fourth-order valence-electron chi connectivity index (χ4n) is 3.50. The molecule has 1 aliphatic rings. The van der Waals surface area contributed by atoms with Gasteiger partial charge < -0.3 is 25.4 Å². The molecule has 1 saturated heterocycles. The fourth-order valence-corrected chi connectivity index (χ4v) is 3.50. The number of hydrogen-bond donors (Lipinski definition) is 2. The lowest BCUT2D eigenvalue weighted by Gasteiger charge is -2.29. The van der Waals surface area contributed by atoms with Gasteiger partial charge >= 0.3 is 0 Å². The van der Waals surface area contributed by atoms with Gasteiger partial charge in [-0.15, -0.1) is 0 Å². The smallest absolute Gasteiger partial charge is 0.222 e. The molecule has 0 atom stereocenters. The highest BCUT2D eigenvalue weighted by Crippen LogP contribution is 2.36. The molecule has 2 heterocycles. The zero-order valence-corrected chi connectivity index (χ0v) is 16.6. The lowest BCUT2D eigenvalue weighted by molar-refractivity contribution is 0.157. The molecule has 27 heavy (non-hydrogen) atoms. The number of likely N-dealkylation sites (tertiary alicyclic amines) is 1. The van der Waals surface area contributed by atoms with Crippen molar-refractivity contribution in [3.05, 3.63) is 23.9 Å². The zero-order chi connectivity index (χ0) is 19.4. The van der Waals surface area contributed by atoms with Crippen LogP contribution in [0, 0.1) is 12.8 Å². The minimum Gasteiger partial charge on any atom is -0.493 e. The Morgan fingerprint density at radius 1 is 1.22 bits per heavy atom. The van der Waals surface area contributed by atoms with Crippen molar-refractivity contribution in [1.82, 2.24) is 14.9 Å². The zero-order valence-electron chi connectivity index (χ0n) is 16.6. The summed E-state index contributed by atoms with van der Waals surface area (Å²) in [7, 11) is 5.65. The number of hydrogen-bond acceptors (Lipinski definition) is 7. The van der Waals surface area contributed by atoms with Crippen LogP contribution in [-0.4, -0.2) is 55.8 Å². The van der Waals surface area contributed by atoms with Crippen molar-refractivity contribution >= 4 is 11.8 Å². The van der Waals surface area contributed by atoms with Gasteiger partial charge in [-0.3, -0.25) is 0 Å². The van der Waals surface area contributed by atoms with Gasteiger partial charge in [0.1, 0.15) is 5.82 Å². The van der Waals surface area contributed by atoms with E-state index >= 15 is 0 Å². The average Bonchev–Trinajstić information content (AvgIpc) is 2.66. The number of nitrogens with two attached hydrogens (primary N) is 1. The summed E-state index contributed by atoms with van der Waals surface area (Å²) in [5, 5.41) is 3.10. The second-order valence-corrected chi connectivity index (χ2v) is 7.06. The van der Waals surface area contributed by atoms with Crippen molar-refractivity contribution in [2.75, 3.05) is 52.0 Å². The van der Waals surface area contributed by atoms with Crippen molar-refractivity contribution in [1.29, 1.82) is 0 Å². The molecule has 0 saturated carbocycles. The molecule has 0 amide bonds. The molecule has 0 aliphatic carbocycles. The minimum atomic E-state index is 0.257. The summed E-state index contributed by atoms with van der Waals surface area (Å²) >= 11 is 0. The van der Waals surface area contributed by atoms with Gasteiger partial charge in [0.2, 0.25) is 5.95 Å². The van der Waals surface area contributed by atoms with Gasteiger partial charge in [0.25, 0.3) is 0 Å². The Bertz CT molecular complexity index is 788. The molecule has 1 aromatic heterocycles. The first-order valence-corrected chi connectivity index (χ1v) is 9.33. The van der Waals surface area contributed by atoms with Crippen LogP contribution in [0.1, 0.15) is 18.5 Å². The van der Waals surface area contributed by atoms with Crippen LogP contribution >= 0.6 is 0 Å². The molecule has 1 fully saturated rings. The van der Waals surface area contributed by atoms with Gasteiger partial charge in [-0.25, -0.2) is 4.98 Å².